The summed E-state index contributed by atoms with van der Waals surface area (Å²) in [6, 6.07) is 13.3. The lowest BCUT2D eigenvalue weighted by molar-refractivity contribution is -0.160. The molecular formula is C35H40ClN3O7. The Hall–Kier alpha value is -3.99. The number of nitrogens with zero attached hydrogens (tertiary/aromatic N) is 2. The maximum Gasteiger partial charge on any atom is 0.313 e. The van der Waals surface area contributed by atoms with Crippen LogP contribution in [0.3, 0.4) is 0 Å². The zero-order valence-corrected chi connectivity index (χ0v) is 26.7. The van der Waals surface area contributed by atoms with Crippen LogP contribution in [0.4, 0.5) is 5.69 Å². The highest BCUT2D eigenvalue weighted by Crippen LogP contribution is 2.59. The molecule has 0 aromatic heterocycles. The van der Waals surface area contributed by atoms with Crippen molar-refractivity contribution in [3.05, 3.63) is 90.0 Å². The molecule has 0 aliphatic carbocycles. The number of likely N-dealkylation sites (tertiary alicyclic amines) is 1. The van der Waals surface area contributed by atoms with Crippen LogP contribution in [-0.2, 0) is 28.7 Å². The molecule has 6 atom stereocenters. The van der Waals surface area contributed by atoms with Gasteiger partial charge in [0.2, 0.25) is 11.8 Å². The number of halogens is 1. The number of fused-ring (bicyclic) bond motifs is 1. The van der Waals surface area contributed by atoms with E-state index in [0.717, 1.165) is 5.56 Å². The Labute approximate surface area is 274 Å². The van der Waals surface area contributed by atoms with Gasteiger partial charge in [-0.05, 0) is 43.4 Å². The van der Waals surface area contributed by atoms with Gasteiger partial charge in [0.05, 0.1) is 41.8 Å². The molecule has 0 radical (unpaired) electrons. The lowest BCUT2D eigenvalue weighted by Crippen LogP contribution is -2.57. The number of esters is 1. The number of benzene rings is 2. The average molecular weight is 650 g/mol. The molecule has 46 heavy (non-hydrogen) atoms. The molecule has 2 bridgehead atoms. The molecule has 3 aliphatic heterocycles. The minimum absolute atomic E-state index is 0.0409. The first-order valence-electron chi connectivity index (χ1n) is 15.6. The van der Waals surface area contributed by atoms with Crippen molar-refractivity contribution in [2.75, 3.05) is 31.1 Å². The van der Waals surface area contributed by atoms with E-state index >= 15 is 0 Å². The summed E-state index contributed by atoms with van der Waals surface area (Å²) in [5.74, 6) is -3.68. The SMILES string of the molecule is C=CCCC(=O)NC[C@H](OC(=O)[C@@H]1[C@H]2C(=O)N(CCO)[C@H](C(=O)N(CC=C)c3c(C)cccc3Cl)[C@]23CC[C@H]1O3)c1ccccc1. The summed E-state index contributed by atoms with van der Waals surface area (Å²) in [7, 11) is 0. The number of carbonyl (C=O) groups excluding carboxylic acids is 4. The largest absolute Gasteiger partial charge is 0.455 e. The number of aliphatic hydroxyl groups is 1. The Balaban J connectivity index is 1.45. The second kappa shape index (κ2) is 14.2. The zero-order chi connectivity index (χ0) is 33.0. The molecule has 5 rings (SSSR count). The van der Waals surface area contributed by atoms with Crippen LogP contribution in [-0.4, -0.2) is 77.7 Å². The van der Waals surface area contributed by atoms with E-state index in [4.69, 9.17) is 21.1 Å². The Kier molecular flexibility index (Phi) is 10.3. The number of para-hydroxylation sites is 1. The molecule has 2 N–H and O–H groups in total. The second-order valence-corrected chi connectivity index (χ2v) is 12.3. The van der Waals surface area contributed by atoms with Crippen molar-refractivity contribution in [2.45, 2.75) is 56.5 Å². The predicted molar refractivity (Wildman–Crippen MR) is 173 cm³/mol. The molecule has 3 fully saturated rings. The van der Waals surface area contributed by atoms with Crippen molar-refractivity contribution in [1.29, 1.82) is 0 Å². The maximum atomic E-state index is 14.6. The normalized spacial score (nSPS) is 25.1. The fourth-order valence-corrected chi connectivity index (χ4v) is 7.55. The van der Waals surface area contributed by atoms with E-state index in [2.05, 4.69) is 18.5 Å². The number of aliphatic hydroxyl groups excluding tert-OH is 1. The van der Waals surface area contributed by atoms with Crippen LogP contribution < -0.4 is 10.2 Å². The Morgan fingerprint density at radius 2 is 1.96 bits per heavy atom. The van der Waals surface area contributed by atoms with Crippen LogP contribution in [0.25, 0.3) is 0 Å². The Morgan fingerprint density at radius 1 is 1.20 bits per heavy atom. The molecule has 11 heteroatoms. The maximum absolute atomic E-state index is 14.6. The number of amides is 3. The lowest BCUT2D eigenvalue weighted by Gasteiger charge is -2.37. The first kappa shape index (κ1) is 33.4. The first-order chi connectivity index (χ1) is 22.2. The molecule has 3 amide bonds. The Bertz CT molecular complexity index is 1480. The van der Waals surface area contributed by atoms with Crippen LogP contribution >= 0.6 is 11.6 Å². The fourth-order valence-electron chi connectivity index (χ4n) is 7.22. The van der Waals surface area contributed by atoms with Gasteiger partial charge in [0.25, 0.3) is 5.91 Å². The molecule has 1 spiro atoms. The van der Waals surface area contributed by atoms with Crippen molar-refractivity contribution in [2.24, 2.45) is 11.8 Å². The van der Waals surface area contributed by atoms with Crippen LogP contribution in [0, 0.1) is 18.8 Å². The van der Waals surface area contributed by atoms with Crippen LogP contribution in [0.1, 0.15) is 42.9 Å². The van der Waals surface area contributed by atoms with Gasteiger partial charge in [-0.2, -0.15) is 0 Å². The molecule has 2 aromatic carbocycles. The van der Waals surface area contributed by atoms with Crippen LogP contribution in [0.5, 0.6) is 0 Å². The van der Waals surface area contributed by atoms with Gasteiger partial charge in [-0.15, -0.1) is 13.2 Å². The number of aryl methyl sites for hydroxylation is 1. The molecule has 10 nitrogen and oxygen atoms in total. The highest BCUT2D eigenvalue weighted by atomic mass is 35.5. The highest BCUT2D eigenvalue weighted by Gasteiger charge is 2.75. The number of β-amino-alcohol motifs (C(OH)–C–C–N with tert-alkyl or cyclic N) is 1. The monoisotopic (exact) mass is 649 g/mol. The van der Waals surface area contributed by atoms with Gasteiger partial charge in [-0.1, -0.05) is 66.2 Å². The van der Waals surface area contributed by atoms with E-state index in [0.29, 0.717) is 35.5 Å². The number of anilines is 1. The van der Waals surface area contributed by atoms with E-state index in [9.17, 15) is 24.3 Å². The topological polar surface area (TPSA) is 125 Å². The summed E-state index contributed by atoms with van der Waals surface area (Å²) in [6.07, 6.45) is 3.37. The van der Waals surface area contributed by atoms with Gasteiger partial charge in [0, 0.05) is 19.5 Å². The molecule has 0 unspecified atom stereocenters. The van der Waals surface area contributed by atoms with Gasteiger partial charge in [0.1, 0.15) is 17.7 Å². The molecule has 3 saturated heterocycles. The number of hydrogen-bond donors (Lipinski definition) is 2. The summed E-state index contributed by atoms with van der Waals surface area (Å²) in [5.41, 5.74) is 0.639. The van der Waals surface area contributed by atoms with Crippen molar-refractivity contribution in [3.63, 3.8) is 0 Å². The quantitative estimate of drug-likeness (QED) is 0.235. The van der Waals surface area contributed by atoms with Crippen LogP contribution in [0.2, 0.25) is 5.02 Å². The number of carbonyl (C=O) groups is 4. The molecule has 3 heterocycles. The van der Waals surface area contributed by atoms with Gasteiger partial charge in [0.15, 0.2) is 0 Å². The number of allylic oxidation sites excluding steroid dienone is 1. The van der Waals surface area contributed by atoms with Gasteiger partial charge in [-0.3, -0.25) is 19.2 Å². The molecular weight excluding hydrogens is 610 g/mol. The van der Waals surface area contributed by atoms with Gasteiger partial charge >= 0.3 is 5.97 Å². The van der Waals surface area contributed by atoms with Crippen molar-refractivity contribution < 1.29 is 33.8 Å². The van der Waals surface area contributed by atoms with E-state index in [1.54, 1.807) is 36.4 Å². The second-order valence-electron chi connectivity index (χ2n) is 11.9. The first-order valence-corrected chi connectivity index (χ1v) is 16.0. The third-order valence-corrected chi connectivity index (χ3v) is 9.48. The molecule has 3 aliphatic rings. The molecule has 2 aromatic rings. The van der Waals surface area contributed by atoms with E-state index in [1.807, 2.05) is 31.2 Å². The van der Waals surface area contributed by atoms with Crippen LogP contribution in [0.15, 0.2) is 73.8 Å². The number of rotatable bonds is 14. The summed E-state index contributed by atoms with van der Waals surface area (Å²) in [4.78, 5) is 58.0. The molecule has 0 saturated carbocycles. The third-order valence-electron chi connectivity index (χ3n) is 9.17. The highest BCUT2D eigenvalue weighted by molar-refractivity contribution is 6.34. The minimum Gasteiger partial charge on any atom is -0.455 e. The van der Waals surface area contributed by atoms with Crippen molar-refractivity contribution in [1.82, 2.24) is 10.2 Å². The lowest BCUT2D eigenvalue weighted by atomic mass is 9.70. The fraction of sp³-hybridized carbons (Fsp3) is 0.429. The summed E-state index contributed by atoms with van der Waals surface area (Å²) < 4.78 is 12.6. The van der Waals surface area contributed by atoms with Crippen molar-refractivity contribution >= 4 is 41.0 Å². The van der Waals surface area contributed by atoms with E-state index in [-0.39, 0.29) is 38.6 Å². The third kappa shape index (κ3) is 6.09. The minimum atomic E-state index is -1.30. The summed E-state index contributed by atoms with van der Waals surface area (Å²) in [6.45, 7) is 8.97. The predicted octanol–water partition coefficient (Wildman–Crippen LogP) is 3.90. The summed E-state index contributed by atoms with van der Waals surface area (Å²) in [5, 5.41) is 13.2. The number of nitrogens with one attached hydrogen (secondary N) is 1. The van der Waals surface area contributed by atoms with E-state index < -0.39 is 53.5 Å². The van der Waals surface area contributed by atoms with Gasteiger partial charge < -0.3 is 29.7 Å². The van der Waals surface area contributed by atoms with E-state index in [1.165, 1.54) is 9.80 Å². The van der Waals surface area contributed by atoms with Gasteiger partial charge in [-0.25, -0.2) is 0 Å². The average Bonchev–Trinajstić information content (AvgIpc) is 3.69. The molecule has 244 valence electrons. The smallest absolute Gasteiger partial charge is 0.313 e. The zero-order valence-electron chi connectivity index (χ0n) is 25.9. The standard InChI is InChI=1S/C35H40ClN3O7/c1-4-6-15-27(41)37-21-26(23-12-8-7-9-13-23)45-34(44)28-25-16-17-35(46-25)29(28)32(42)39(19-20-40)31(35)33(43)38(18-5-2)30-22(3)11-10-14-24(30)36/h4-5,7-14,25-26,28-29,31,40H,1-2,6,15-21H2,3H3,(H,37,41)/t25-,26+,28+,29+,31-,35+/m1/s1. The van der Waals surface area contributed by atoms with Crippen molar-refractivity contribution in [3.8, 4) is 0 Å². The number of ether oxygens (including phenoxy) is 2. The Morgan fingerprint density at radius 3 is 2.63 bits per heavy atom. The number of hydrogen-bond acceptors (Lipinski definition) is 7. The summed E-state index contributed by atoms with van der Waals surface area (Å²) >= 11 is 6.59.